The van der Waals surface area contributed by atoms with Crippen LogP contribution < -0.4 is 0 Å². The molecule has 0 rings (SSSR count). The Labute approximate surface area is 42.1 Å². The zero-order valence-corrected chi connectivity index (χ0v) is 3.93. The molecule has 0 N–H and O–H groups in total. The number of hydrogen-bond donors (Lipinski definition) is 0. The Balaban J connectivity index is 2.92. The van der Waals surface area contributed by atoms with Gasteiger partial charge in [-0.1, -0.05) is 6.58 Å². The normalized spacial score (nSPS) is 9.29. The maximum absolute atomic E-state index is 11.1. The minimum absolute atomic E-state index is 0.492. The molecular weight excluding hydrogens is 95.1 g/mol. The fourth-order valence-electron chi connectivity index (χ4n) is 0.147. The van der Waals surface area contributed by atoms with Crippen LogP contribution in [0.2, 0.25) is 0 Å². The molecule has 0 bridgehead atoms. The first-order valence-electron chi connectivity index (χ1n) is 1.89. The largest absolute Gasteiger partial charge is 0.473 e. The lowest BCUT2D eigenvalue weighted by molar-refractivity contribution is 0.399. The van der Waals surface area contributed by atoms with Gasteiger partial charge in [-0.2, -0.15) is 0 Å². The van der Waals surface area contributed by atoms with E-state index in [1.807, 2.05) is 0 Å². The summed E-state index contributed by atoms with van der Waals surface area (Å²) in [6, 6.07) is 0. The highest BCUT2D eigenvalue weighted by Crippen LogP contribution is 1.76. The van der Waals surface area contributed by atoms with Crippen molar-refractivity contribution < 1.29 is 9.13 Å². The van der Waals surface area contributed by atoms with Crippen molar-refractivity contribution in [3.63, 3.8) is 0 Å². The van der Waals surface area contributed by atoms with Gasteiger partial charge in [0.2, 0.25) is 0 Å². The first kappa shape index (κ1) is 6.21. The quantitative estimate of drug-likeness (QED) is 0.492. The molecule has 0 aliphatic rings. The van der Waals surface area contributed by atoms with Gasteiger partial charge in [-0.3, -0.25) is 0 Å². The van der Waals surface area contributed by atoms with Gasteiger partial charge >= 0.3 is 0 Å². The summed E-state index contributed by atoms with van der Waals surface area (Å²) in [5.74, 6) is 0. The van der Waals surface area contributed by atoms with Gasteiger partial charge in [-0.05, 0) is 6.08 Å². The SMILES string of the molecule is C=COC=CCF. The van der Waals surface area contributed by atoms with Crippen molar-refractivity contribution >= 4 is 0 Å². The second-order valence-electron chi connectivity index (χ2n) is 0.829. The van der Waals surface area contributed by atoms with E-state index in [1.165, 1.54) is 18.6 Å². The first-order chi connectivity index (χ1) is 3.41. The summed E-state index contributed by atoms with van der Waals surface area (Å²) in [7, 11) is 0. The molecule has 0 aliphatic carbocycles. The maximum Gasteiger partial charge on any atom is 0.111 e. The second kappa shape index (κ2) is 5.21. The van der Waals surface area contributed by atoms with Crippen molar-refractivity contribution in [3.8, 4) is 0 Å². The topological polar surface area (TPSA) is 9.23 Å². The van der Waals surface area contributed by atoms with Crippen molar-refractivity contribution in [1.82, 2.24) is 0 Å². The van der Waals surface area contributed by atoms with Crippen LogP contribution in [0.25, 0.3) is 0 Å². The minimum atomic E-state index is -0.492. The van der Waals surface area contributed by atoms with Crippen LogP contribution in [0.4, 0.5) is 4.39 Å². The van der Waals surface area contributed by atoms with Gasteiger partial charge in [0.25, 0.3) is 0 Å². The Kier molecular flexibility index (Phi) is 4.62. The Morgan fingerprint density at radius 1 is 1.71 bits per heavy atom. The molecule has 0 fully saturated rings. The Bertz CT molecular complexity index is 68.5. The van der Waals surface area contributed by atoms with Gasteiger partial charge in [0.15, 0.2) is 0 Å². The third-order valence-electron chi connectivity index (χ3n) is 0.360. The lowest BCUT2D eigenvalue weighted by atomic mass is 10.7. The van der Waals surface area contributed by atoms with Crippen molar-refractivity contribution in [2.45, 2.75) is 0 Å². The predicted octanol–water partition coefficient (Wildman–Crippen LogP) is 1.63. The summed E-state index contributed by atoms with van der Waals surface area (Å²) in [4.78, 5) is 0. The molecule has 0 saturated heterocycles. The summed E-state index contributed by atoms with van der Waals surface area (Å²) >= 11 is 0. The van der Waals surface area contributed by atoms with Crippen LogP contribution in [0.5, 0.6) is 0 Å². The summed E-state index contributed by atoms with van der Waals surface area (Å²) in [6.07, 6.45) is 3.72. The van der Waals surface area contributed by atoms with E-state index in [-0.39, 0.29) is 0 Å². The van der Waals surface area contributed by atoms with Gasteiger partial charge in [0, 0.05) is 0 Å². The van der Waals surface area contributed by atoms with Crippen LogP contribution in [0, 0.1) is 0 Å². The standard InChI is InChI=1S/C5H7FO/c1-2-7-5-3-4-6/h2-3,5H,1,4H2. The zero-order chi connectivity index (χ0) is 5.54. The Morgan fingerprint density at radius 3 is 2.86 bits per heavy atom. The van der Waals surface area contributed by atoms with Crippen LogP contribution in [-0.2, 0) is 4.74 Å². The highest BCUT2D eigenvalue weighted by Gasteiger charge is 1.64. The number of hydrogen-bond acceptors (Lipinski definition) is 1. The second-order valence-corrected chi connectivity index (χ2v) is 0.829. The van der Waals surface area contributed by atoms with Gasteiger partial charge in [0.1, 0.15) is 6.67 Å². The van der Waals surface area contributed by atoms with E-state index in [1.54, 1.807) is 0 Å². The molecule has 7 heavy (non-hydrogen) atoms. The Morgan fingerprint density at radius 2 is 2.43 bits per heavy atom. The van der Waals surface area contributed by atoms with E-state index >= 15 is 0 Å². The predicted molar refractivity (Wildman–Crippen MR) is 26.4 cm³/mol. The van der Waals surface area contributed by atoms with Crippen molar-refractivity contribution in [2.24, 2.45) is 0 Å². The molecule has 0 aromatic rings. The van der Waals surface area contributed by atoms with E-state index in [0.29, 0.717) is 0 Å². The van der Waals surface area contributed by atoms with Crippen LogP contribution in [0.1, 0.15) is 0 Å². The van der Waals surface area contributed by atoms with Crippen LogP contribution in [-0.4, -0.2) is 6.67 Å². The van der Waals surface area contributed by atoms with Crippen LogP contribution >= 0.6 is 0 Å². The number of allylic oxidation sites excluding steroid dienone is 1. The third-order valence-corrected chi connectivity index (χ3v) is 0.360. The molecule has 0 saturated carbocycles. The molecule has 2 heteroatoms. The molecule has 0 radical (unpaired) electrons. The molecule has 0 aliphatic heterocycles. The van der Waals surface area contributed by atoms with Gasteiger partial charge in [0.05, 0.1) is 12.5 Å². The molecule has 1 nitrogen and oxygen atoms in total. The lowest BCUT2D eigenvalue weighted by Gasteiger charge is -1.81. The highest BCUT2D eigenvalue weighted by atomic mass is 19.1. The molecular formula is C5H7FO. The molecule has 0 amide bonds. The van der Waals surface area contributed by atoms with E-state index in [9.17, 15) is 4.39 Å². The van der Waals surface area contributed by atoms with Gasteiger partial charge in [-0.15, -0.1) is 0 Å². The van der Waals surface area contributed by atoms with Crippen LogP contribution in [0.3, 0.4) is 0 Å². The summed E-state index contributed by atoms with van der Waals surface area (Å²) < 4.78 is 15.5. The minimum Gasteiger partial charge on any atom is -0.473 e. The molecule has 0 aromatic carbocycles. The summed E-state index contributed by atoms with van der Waals surface area (Å²) in [6.45, 7) is 2.74. The van der Waals surface area contributed by atoms with Crippen molar-refractivity contribution in [2.75, 3.05) is 6.67 Å². The smallest absolute Gasteiger partial charge is 0.111 e. The summed E-state index contributed by atoms with van der Waals surface area (Å²) in [5.41, 5.74) is 0. The first-order valence-corrected chi connectivity index (χ1v) is 1.89. The zero-order valence-electron chi connectivity index (χ0n) is 3.93. The van der Waals surface area contributed by atoms with Crippen molar-refractivity contribution in [3.05, 3.63) is 25.2 Å². The van der Waals surface area contributed by atoms with E-state index < -0.39 is 6.67 Å². The molecule has 40 valence electrons. The number of ether oxygens (including phenoxy) is 1. The molecule has 0 heterocycles. The van der Waals surface area contributed by atoms with Gasteiger partial charge < -0.3 is 4.74 Å². The van der Waals surface area contributed by atoms with E-state index in [0.717, 1.165) is 0 Å². The fraction of sp³-hybridized carbons (Fsp3) is 0.200. The average Bonchev–Trinajstić information content (AvgIpc) is 1.69. The third kappa shape index (κ3) is 5.21. The van der Waals surface area contributed by atoms with Crippen LogP contribution in [0.15, 0.2) is 25.2 Å². The monoisotopic (exact) mass is 102 g/mol. The number of halogens is 1. The lowest BCUT2D eigenvalue weighted by Crippen LogP contribution is -1.63. The molecule has 0 unspecified atom stereocenters. The fourth-order valence-corrected chi connectivity index (χ4v) is 0.147. The summed E-state index contributed by atoms with van der Waals surface area (Å²) in [5, 5.41) is 0. The maximum atomic E-state index is 11.1. The van der Waals surface area contributed by atoms with E-state index in [4.69, 9.17) is 0 Å². The van der Waals surface area contributed by atoms with E-state index in [2.05, 4.69) is 11.3 Å². The van der Waals surface area contributed by atoms with Crippen molar-refractivity contribution in [1.29, 1.82) is 0 Å². The molecule has 0 aromatic heterocycles. The average molecular weight is 102 g/mol. The molecule has 0 spiro atoms. The number of rotatable bonds is 3. The highest BCUT2D eigenvalue weighted by molar-refractivity contribution is 4.73. The molecule has 0 atom stereocenters. The van der Waals surface area contributed by atoms with Gasteiger partial charge in [-0.25, -0.2) is 4.39 Å². The Hall–Kier alpha value is -0.790. The number of alkyl halides is 1.